The van der Waals surface area contributed by atoms with Gasteiger partial charge in [0.1, 0.15) is 0 Å². The number of aliphatic hydroxyl groups excluding tert-OH is 1. The van der Waals surface area contributed by atoms with Crippen LogP contribution in [0.15, 0.2) is 47.9 Å². The van der Waals surface area contributed by atoms with Crippen LogP contribution in [0.1, 0.15) is 36.5 Å². The van der Waals surface area contributed by atoms with E-state index in [1.807, 2.05) is 13.0 Å². The fraction of sp³-hybridized carbons (Fsp3) is 0.286. The van der Waals surface area contributed by atoms with Crippen LogP contribution in [-0.4, -0.2) is 23.4 Å². The third kappa shape index (κ3) is 8.12. The summed E-state index contributed by atoms with van der Waals surface area (Å²) in [6, 6.07) is 6.00. The zero-order valence-corrected chi connectivity index (χ0v) is 17.7. The Labute approximate surface area is 178 Å². The normalized spacial score (nSPS) is 11.3. The molecule has 29 heavy (non-hydrogen) atoms. The molecule has 0 heterocycles. The fourth-order valence-electron chi connectivity index (χ4n) is 2.15. The number of benzene rings is 2. The summed E-state index contributed by atoms with van der Waals surface area (Å²) in [7, 11) is 0. The Balaban J connectivity index is 0.000000447. The van der Waals surface area contributed by atoms with Crippen molar-refractivity contribution in [2.75, 3.05) is 11.6 Å². The summed E-state index contributed by atoms with van der Waals surface area (Å²) in [5.74, 6) is -4.89. The maximum Gasteiger partial charge on any atom is 0.255 e. The van der Waals surface area contributed by atoms with Crippen molar-refractivity contribution < 1.29 is 23.1 Å². The molecule has 0 saturated heterocycles. The van der Waals surface area contributed by atoms with Gasteiger partial charge in [0.2, 0.25) is 0 Å². The summed E-state index contributed by atoms with van der Waals surface area (Å²) in [6.45, 7) is 5.54. The van der Waals surface area contributed by atoms with E-state index in [1.54, 1.807) is 18.4 Å². The van der Waals surface area contributed by atoms with E-state index in [2.05, 4.69) is 11.9 Å². The molecule has 0 aliphatic carbocycles. The lowest BCUT2D eigenvalue weighted by Crippen LogP contribution is -2.12. The fourth-order valence-corrected chi connectivity index (χ4v) is 3.00. The maximum atomic E-state index is 13.1. The van der Waals surface area contributed by atoms with E-state index in [4.69, 9.17) is 16.7 Å². The SMILES string of the molecule is C=CCCC(O)CC.CSc1cc(C(=O)Nc2cc(F)c(F)c(F)c2)ccc1Cl. The first-order valence-electron chi connectivity index (χ1n) is 8.81. The summed E-state index contributed by atoms with van der Waals surface area (Å²) < 4.78 is 39.0. The van der Waals surface area contributed by atoms with Crippen molar-refractivity contribution >= 4 is 35.0 Å². The Hall–Kier alpha value is -1.96. The van der Waals surface area contributed by atoms with Crippen LogP contribution in [0.4, 0.5) is 18.9 Å². The molecule has 0 radical (unpaired) electrons. The standard InChI is InChI=1S/C14H9ClF3NOS.C7H14O/c1-21-12-4-7(2-3-9(12)15)14(20)19-8-5-10(16)13(18)11(17)6-8;1-3-5-6-7(8)4-2/h2-6H,1H3,(H,19,20);3,7-8H,1,4-6H2,2H3. The molecule has 2 rings (SSSR count). The molecular weight excluding hydrogens is 423 g/mol. The number of amides is 1. The van der Waals surface area contributed by atoms with Gasteiger partial charge >= 0.3 is 0 Å². The summed E-state index contributed by atoms with van der Waals surface area (Å²) >= 11 is 7.29. The quantitative estimate of drug-likeness (QED) is 0.292. The van der Waals surface area contributed by atoms with Crippen molar-refractivity contribution in [1.82, 2.24) is 0 Å². The molecule has 2 aromatic carbocycles. The number of anilines is 1. The number of allylic oxidation sites excluding steroid dienone is 1. The van der Waals surface area contributed by atoms with E-state index in [-0.39, 0.29) is 17.4 Å². The van der Waals surface area contributed by atoms with Crippen LogP contribution < -0.4 is 5.32 Å². The molecule has 0 spiro atoms. The Morgan fingerprint density at radius 3 is 2.41 bits per heavy atom. The molecule has 2 N–H and O–H groups in total. The van der Waals surface area contributed by atoms with Gasteiger partial charge in [0.05, 0.1) is 11.1 Å². The van der Waals surface area contributed by atoms with Crippen LogP contribution in [-0.2, 0) is 0 Å². The van der Waals surface area contributed by atoms with Crippen LogP contribution in [0, 0.1) is 17.5 Å². The van der Waals surface area contributed by atoms with E-state index < -0.39 is 23.4 Å². The second-order valence-electron chi connectivity index (χ2n) is 5.99. The highest BCUT2D eigenvalue weighted by Crippen LogP contribution is 2.26. The van der Waals surface area contributed by atoms with E-state index >= 15 is 0 Å². The van der Waals surface area contributed by atoms with Crippen LogP contribution in [0.3, 0.4) is 0 Å². The van der Waals surface area contributed by atoms with Crippen molar-refractivity contribution in [2.24, 2.45) is 0 Å². The average molecular weight is 446 g/mol. The first kappa shape index (κ1) is 25.1. The molecule has 0 aliphatic heterocycles. The van der Waals surface area contributed by atoms with Crippen molar-refractivity contribution in [3.05, 3.63) is 71.0 Å². The summed E-state index contributed by atoms with van der Waals surface area (Å²) in [5, 5.41) is 11.7. The van der Waals surface area contributed by atoms with Gasteiger partial charge < -0.3 is 10.4 Å². The molecule has 1 unspecified atom stereocenters. The predicted octanol–water partition coefficient (Wildman–Crippen LogP) is 6.46. The van der Waals surface area contributed by atoms with E-state index in [1.165, 1.54) is 17.8 Å². The smallest absolute Gasteiger partial charge is 0.255 e. The number of hydrogen-bond acceptors (Lipinski definition) is 3. The number of halogens is 4. The summed E-state index contributed by atoms with van der Waals surface area (Å²) in [6.07, 6.45) is 6.16. The molecule has 1 amide bonds. The van der Waals surface area contributed by atoms with Crippen LogP contribution in [0.2, 0.25) is 5.02 Å². The molecule has 158 valence electrons. The molecule has 0 fully saturated rings. The lowest BCUT2D eigenvalue weighted by Gasteiger charge is -2.08. The molecule has 0 aromatic heterocycles. The monoisotopic (exact) mass is 445 g/mol. The van der Waals surface area contributed by atoms with Gasteiger partial charge in [-0.2, -0.15) is 0 Å². The minimum absolute atomic E-state index is 0.118. The van der Waals surface area contributed by atoms with Gasteiger partial charge in [0.15, 0.2) is 17.5 Å². The zero-order chi connectivity index (χ0) is 22.0. The van der Waals surface area contributed by atoms with Gasteiger partial charge in [-0.25, -0.2) is 13.2 Å². The van der Waals surface area contributed by atoms with E-state index in [9.17, 15) is 18.0 Å². The highest BCUT2D eigenvalue weighted by molar-refractivity contribution is 7.98. The molecular formula is C21H23ClF3NO2S. The number of rotatable bonds is 7. The van der Waals surface area contributed by atoms with Crippen molar-refractivity contribution in [3.63, 3.8) is 0 Å². The highest BCUT2D eigenvalue weighted by Gasteiger charge is 2.14. The molecule has 2 aromatic rings. The lowest BCUT2D eigenvalue weighted by molar-refractivity contribution is 0.102. The third-order valence-corrected chi connectivity index (χ3v) is 5.05. The Morgan fingerprint density at radius 1 is 1.28 bits per heavy atom. The maximum absolute atomic E-state index is 13.1. The summed E-state index contributed by atoms with van der Waals surface area (Å²) in [4.78, 5) is 12.7. The Morgan fingerprint density at radius 2 is 1.90 bits per heavy atom. The first-order chi connectivity index (χ1) is 13.7. The first-order valence-corrected chi connectivity index (χ1v) is 10.4. The number of nitrogens with one attached hydrogen (secondary N) is 1. The second kappa shape index (κ2) is 12.6. The molecule has 0 saturated carbocycles. The molecule has 1 atom stereocenters. The van der Waals surface area contributed by atoms with Gasteiger partial charge in [-0.1, -0.05) is 24.6 Å². The molecule has 0 bridgehead atoms. The van der Waals surface area contributed by atoms with Gasteiger partial charge in [0.25, 0.3) is 5.91 Å². The molecule has 0 aliphatic rings. The van der Waals surface area contributed by atoms with Crippen molar-refractivity contribution in [2.45, 2.75) is 37.2 Å². The lowest BCUT2D eigenvalue weighted by atomic mass is 10.1. The number of thioether (sulfide) groups is 1. The zero-order valence-electron chi connectivity index (χ0n) is 16.1. The van der Waals surface area contributed by atoms with Gasteiger partial charge in [-0.3, -0.25) is 4.79 Å². The van der Waals surface area contributed by atoms with Crippen LogP contribution in [0.25, 0.3) is 0 Å². The Bertz CT molecular complexity index is 826. The number of hydrogen-bond donors (Lipinski definition) is 2. The second-order valence-corrected chi connectivity index (χ2v) is 7.24. The number of carbonyl (C=O) groups excluding carboxylic acids is 1. The summed E-state index contributed by atoms with van der Waals surface area (Å²) in [5.41, 5.74) is 0.103. The topological polar surface area (TPSA) is 49.3 Å². The third-order valence-electron chi connectivity index (χ3n) is 3.83. The van der Waals surface area contributed by atoms with E-state index in [0.29, 0.717) is 22.1 Å². The Kier molecular flexibility index (Phi) is 10.9. The molecule has 3 nitrogen and oxygen atoms in total. The molecule has 8 heteroatoms. The minimum Gasteiger partial charge on any atom is -0.393 e. The van der Waals surface area contributed by atoms with Crippen LogP contribution >= 0.6 is 23.4 Å². The van der Waals surface area contributed by atoms with Crippen LogP contribution in [0.5, 0.6) is 0 Å². The highest BCUT2D eigenvalue weighted by atomic mass is 35.5. The van der Waals surface area contributed by atoms with Gasteiger partial charge in [-0.15, -0.1) is 18.3 Å². The van der Waals surface area contributed by atoms with E-state index in [0.717, 1.165) is 19.3 Å². The average Bonchev–Trinajstić information content (AvgIpc) is 2.70. The predicted molar refractivity (Wildman–Crippen MR) is 113 cm³/mol. The largest absolute Gasteiger partial charge is 0.393 e. The number of aliphatic hydroxyl groups is 1. The van der Waals surface area contributed by atoms with Gasteiger partial charge in [-0.05, 0) is 43.7 Å². The number of carbonyl (C=O) groups is 1. The van der Waals surface area contributed by atoms with Crippen molar-refractivity contribution in [1.29, 1.82) is 0 Å². The van der Waals surface area contributed by atoms with Gasteiger partial charge in [0, 0.05) is 28.3 Å². The minimum atomic E-state index is -1.58. The van der Waals surface area contributed by atoms with Crippen molar-refractivity contribution in [3.8, 4) is 0 Å².